The zero-order chi connectivity index (χ0) is 15.9. The molecule has 0 saturated carbocycles. The number of amides is 2. The van der Waals surface area contributed by atoms with Crippen LogP contribution in [-0.2, 0) is 0 Å². The Labute approximate surface area is 134 Å². The number of carbonyl (C=O) groups is 2. The lowest BCUT2D eigenvalue weighted by molar-refractivity contribution is 0.0706. The summed E-state index contributed by atoms with van der Waals surface area (Å²) in [6.07, 6.45) is 1.45. The standard InChI is InChI=1S/C15H12BrN3O3/c16-13-3-1-2-12(8-13)14(20)18-17-9-10-4-6-11(7-5-10)15(21)19-22/h1-9,22H,(H,18,20)(H,19,21). The Morgan fingerprint density at radius 2 is 1.77 bits per heavy atom. The van der Waals surface area contributed by atoms with Crippen LogP contribution in [0.2, 0.25) is 0 Å². The SMILES string of the molecule is O=C(NO)c1ccc(C=NNC(=O)c2cccc(Br)c2)cc1. The predicted octanol–water partition coefficient (Wildman–Crippen LogP) is 2.33. The van der Waals surface area contributed by atoms with Gasteiger partial charge in [-0.3, -0.25) is 14.8 Å². The van der Waals surface area contributed by atoms with Crippen molar-refractivity contribution in [3.63, 3.8) is 0 Å². The van der Waals surface area contributed by atoms with Gasteiger partial charge in [-0.1, -0.05) is 34.1 Å². The van der Waals surface area contributed by atoms with Crippen molar-refractivity contribution in [1.29, 1.82) is 0 Å². The highest BCUT2D eigenvalue weighted by Gasteiger charge is 2.04. The van der Waals surface area contributed by atoms with E-state index in [9.17, 15) is 9.59 Å². The van der Waals surface area contributed by atoms with E-state index in [1.165, 1.54) is 18.3 Å². The number of rotatable bonds is 4. The van der Waals surface area contributed by atoms with Crippen LogP contribution >= 0.6 is 15.9 Å². The van der Waals surface area contributed by atoms with Crippen molar-refractivity contribution in [2.24, 2.45) is 5.10 Å². The molecule has 112 valence electrons. The lowest BCUT2D eigenvalue weighted by Gasteiger charge is -2.01. The summed E-state index contributed by atoms with van der Waals surface area (Å²) < 4.78 is 0.807. The summed E-state index contributed by atoms with van der Waals surface area (Å²) in [6.45, 7) is 0. The molecule has 0 unspecified atom stereocenters. The average molecular weight is 362 g/mol. The van der Waals surface area contributed by atoms with Crippen molar-refractivity contribution in [2.75, 3.05) is 0 Å². The van der Waals surface area contributed by atoms with Crippen LogP contribution in [0.5, 0.6) is 0 Å². The normalized spacial score (nSPS) is 10.5. The van der Waals surface area contributed by atoms with Crippen LogP contribution in [0.25, 0.3) is 0 Å². The van der Waals surface area contributed by atoms with E-state index >= 15 is 0 Å². The van der Waals surface area contributed by atoms with Crippen LogP contribution in [0.4, 0.5) is 0 Å². The smallest absolute Gasteiger partial charge is 0.274 e. The van der Waals surface area contributed by atoms with Gasteiger partial charge >= 0.3 is 0 Å². The zero-order valence-corrected chi connectivity index (χ0v) is 12.9. The van der Waals surface area contributed by atoms with E-state index in [1.807, 2.05) is 6.07 Å². The van der Waals surface area contributed by atoms with E-state index in [-0.39, 0.29) is 5.91 Å². The van der Waals surface area contributed by atoms with E-state index in [1.54, 1.807) is 35.8 Å². The highest BCUT2D eigenvalue weighted by Crippen LogP contribution is 2.11. The van der Waals surface area contributed by atoms with E-state index in [4.69, 9.17) is 5.21 Å². The summed E-state index contributed by atoms with van der Waals surface area (Å²) >= 11 is 3.29. The molecular weight excluding hydrogens is 350 g/mol. The van der Waals surface area contributed by atoms with Crippen molar-refractivity contribution in [3.05, 3.63) is 69.7 Å². The first-order valence-corrected chi connectivity index (χ1v) is 7.03. The fourth-order valence-electron chi connectivity index (χ4n) is 1.64. The van der Waals surface area contributed by atoms with Crippen LogP contribution < -0.4 is 10.9 Å². The van der Waals surface area contributed by atoms with E-state index < -0.39 is 5.91 Å². The Bertz CT molecular complexity index is 714. The molecule has 0 heterocycles. The second kappa shape index (κ2) is 7.48. The second-order valence-electron chi connectivity index (χ2n) is 4.27. The molecule has 0 aromatic heterocycles. The van der Waals surface area contributed by atoms with Gasteiger partial charge in [-0.15, -0.1) is 0 Å². The van der Waals surface area contributed by atoms with Gasteiger partial charge in [0.15, 0.2) is 0 Å². The topological polar surface area (TPSA) is 90.8 Å². The Kier molecular flexibility index (Phi) is 5.40. The molecule has 6 nitrogen and oxygen atoms in total. The van der Waals surface area contributed by atoms with Crippen molar-refractivity contribution >= 4 is 34.0 Å². The first-order chi connectivity index (χ1) is 10.6. The highest BCUT2D eigenvalue weighted by molar-refractivity contribution is 9.10. The number of carbonyl (C=O) groups excluding carboxylic acids is 2. The van der Waals surface area contributed by atoms with E-state index in [0.717, 1.165) is 4.47 Å². The molecular formula is C15H12BrN3O3. The molecule has 0 spiro atoms. The van der Waals surface area contributed by atoms with Gasteiger partial charge in [-0.25, -0.2) is 10.9 Å². The maximum absolute atomic E-state index is 11.8. The van der Waals surface area contributed by atoms with Gasteiger partial charge in [0.25, 0.3) is 11.8 Å². The third-order valence-electron chi connectivity index (χ3n) is 2.74. The molecule has 22 heavy (non-hydrogen) atoms. The molecule has 2 aromatic rings. The molecule has 0 fully saturated rings. The first-order valence-electron chi connectivity index (χ1n) is 6.23. The Morgan fingerprint density at radius 3 is 2.41 bits per heavy atom. The van der Waals surface area contributed by atoms with E-state index in [2.05, 4.69) is 26.5 Å². The van der Waals surface area contributed by atoms with Gasteiger partial charge < -0.3 is 0 Å². The van der Waals surface area contributed by atoms with Crippen molar-refractivity contribution in [2.45, 2.75) is 0 Å². The third kappa shape index (κ3) is 4.24. The maximum atomic E-state index is 11.8. The molecule has 0 aliphatic rings. The number of hydrogen-bond donors (Lipinski definition) is 3. The summed E-state index contributed by atoms with van der Waals surface area (Å²) in [5.74, 6) is -0.916. The largest absolute Gasteiger partial charge is 0.288 e. The number of hydrogen-bond acceptors (Lipinski definition) is 4. The van der Waals surface area contributed by atoms with Crippen LogP contribution in [0.15, 0.2) is 58.1 Å². The second-order valence-corrected chi connectivity index (χ2v) is 5.19. The quantitative estimate of drug-likeness (QED) is 0.443. The minimum absolute atomic E-state index is 0.317. The fourth-order valence-corrected chi connectivity index (χ4v) is 2.04. The lowest BCUT2D eigenvalue weighted by Crippen LogP contribution is -2.18. The fraction of sp³-hybridized carbons (Fsp3) is 0. The van der Waals surface area contributed by atoms with Crippen molar-refractivity contribution in [3.8, 4) is 0 Å². The average Bonchev–Trinajstić information content (AvgIpc) is 2.54. The highest BCUT2D eigenvalue weighted by atomic mass is 79.9. The molecule has 2 rings (SSSR count). The number of nitrogens with one attached hydrogen (secondary N) is 2. The number of hydrazone groups is 1. The van der Waals surface area contributed by atoms with Gasteiger partial charge in [0.05, 0.1) is 6.21 Å². The van der Waals surface area contributed by atoms with Crippen molar-refractivity contribution < 1.29 is 14.8 Å². The van der Waals surface area contributed by atoms with Crippen molar-refractivity contribution in [1.82, 2.24) is 10.9 Å². The molecule has 2 aromatic carbocycles. The number of nitrogens with zero attached hydrogens (tertiary/aromatic N) is 1. The van der Waals surface area contributed by atoms with Crippen LogP contribution in [0.1, 0.15) is 26.3 Å². The molecule has 2 amide bonds. The number of halogens is 1. The molecule has 0 radical (unpaired) electrons. The van der Waals surface area contributed by atoms with Gasteiger partial charge in [-0.2, -0.15) is 5.10 Å². The van der Waals surface area contributed by atoms with Crippen LogP contribution in [0.3, 0.4) is 0 Å². The third-order valence-corrected chi connectivity index (χ3v) is 3.23. The molecule has 0 aliphatic carbocycles. The maximum Gasteiger partial charge on any atom is 0.274 e. The lowest BCUT2D eigenvalue weighted by atomic mass is 10.1. The molecule has 7 heteroatoms. The number of benzene rings is 2. The summed E-state index contributed by atoms with van der Waals surface area (Å²) in [6, 6.07) is 13.3. The Balaban J connectivity index is 1.97. The molecule has 0 aliphatic heterocycles. The summed E-state index contributed by atoms with van der Waals surface area (Å²) in [5.41, 5.74) is 5.46. The predicted molar refractivity (Wildman–Crippen MR) is 84.9 cm³/mol. The molecule has 0 bridgehead atoms. The van der Waals surface area contributed by atoms with E-state index in [0.29, 0.717) is 16.7 Å². The van der Waals surface area contributed by atoms with Crippen LogP contribution in [-0.4, -0.2) is 23.2 Å². The van der Waals surface area contributed by atoms with Gasteiger partial charge in [0, 0.05) is 15.6 Å². The monoisotopic (exact) mass is 361 g/mol. The Morgan fingerprint density at radius 1 is 1.05 bits per heavy atom. The number of hydroxylamine groups is 1. The molecule has 0 atom stereocenters. The Hall–Kier alpha value is -2.51. The van der Waals surface area contributed by atoms with Gasteiger partial charge in [0.1, 0.15) is 0 Å². The minimum Gasteiger partial charge on any atom is -0.288 e. The minimum atomic E-state index is -0.591. The first kappa shape index (κ1) is 15.9. The van der Waals surface area contributed by atoms with Gasteiger partial charge in [0.2, 0.25) is 0 Å². The molecule has 0 saturated heterocycles. The summed E-state index contributed by atoms with van der Waals surface area (Å²) in [7, 11) is 0. The van der Waals surface area contributed by atoms with Gasteiger partial charge in [-0.05, 0) is 35.9 Å². The summed E-state index contributed by atoms with van der Waals surface area (Å²) in [5, 5.41) is 12.4. The summed E-state index contributed by atoms with van der Waals surface area (Å²) in [4.78, 5) is 23.0. The van der Waals surface area contributed by atoms with Crippen LogP contribution in [0, 0.1) is 0 Å². The zero-order valence-electron chi connectivity index (χ0n) is 11.3. The molecule has 3 N–H and O–H groups in total.